The van der Waals surface area contributed by atoms with Crippen LogP contribution in [0.3, 0.4) is 0 Å². The number of hydroxylamine groups is 1. The molecule has 3 N–H and O–H groups in total. The minimum Gasteiger partial charge on any atom is -0.298 e. The number of nitrogens with one attached hydrogen (secondary N) is 3. The smallest absolute Gasteiger partial charge is 0.254 e. The van der Waals surface area contributed by atoms with Crippen LogP contribution in [0.1, 0.15) is 13.8 Å². The van der Waals surface area contributed by atoms with Crippen molar-refractivity contribution in [2.75, 3.05) is 0 Å². The molecule has 2 aliphatic heterocycles. The molecule has 2 rings (SSSR count). The number of hydrazine groups is 1. The lowest BCUT2D eigenvalue weighted by Gasteiger charge is -2.31. The van der Waals surface area contributed by atoms with E-state index >= 15 is 0 Å². The van der Waals surface area contributed by atoms with Gasteiger partial charge < -0.3 is 0 Å². The van der Waals surface area contributed by atoms with E-state index in [4.69, 9.17) is 4.84 Å². The molecular formula is C7H13N3O2. The van der Waals surface area contributed by atoms with E-state index in [1.807, 2.05) is 13.8 Å². The van der Waals surface area contributed by atoms with E-state index in [9.17, 15) is 4.79 Å². The Morgan fingerprint density at radius 1 is 1.42 bits per heavy atom. The molecule has 0 radical (unpaired) electrons. The Labute approximate surface area is 70.8 Å². The molecule has 68 valence electrons. The Hall–Kier alpha value is -0.650. The predicted octanol–water partition coefficient (Wildman–Crippen LogP) is -1.08. The van der Waals surface area contributed by atoms with Crippen molar-refractivity contribution in [1.29, 1.82) is 0 Å². The van der Waals surface area contributed by atoms with Crippen LogP contribution >= 0.6 is 0 Å². The third-order valence-electron chi connectivity index (χ3n) is 2.59. The molecule has 0 aromatic heterocycles. The van der Waals surface area contributed by atoms with Crippen LogP contribution in [0.25, 0.3) is 0 Å². The van der Waals surface area contributed by atoms with Crippen LogP contribution in [0.4, 0.5) is 0 Å². The quantitative estimate of drug-likeness (QED) is 0.434. The molecule has 0 aliphatic carbocycles. The van der Waals surface area contributed by atoms with E-state index < -0.39 is 0 Å². The largest absolute Gasteiger partial charge is 0.298 e. The second-order valence-electron chi connectivity index (χ2n) is 3.42. The molecule has 2 aliphatic rings. The van der Waals surface area contributed by atoms with Crippen molar-refractivity contribution >= 4 is 5.91 Å². The van der Waals surface area contributed by atoms with Crippen LogP contribution in [0.5, 0.6) is 0 Å². The standard InChI is InChI=1S/C7H13N3O2/c1-3-5-4(2)12-10-6(5)7(11)9-8-3/h3-6,8,10H,1-2H3,(H,9,11). The molecule has 2 saturated heterocycles. The topological polar surface area (TPSA) is 62.4 Å². The summed E-state index contributed by atoms with van der Waals surface area (Å²) in [4.78, 5) is 16.4. The lowest BCUT2D eigenvalue weighted by Crippen LogP contribution is -2.62. The first kappa shape index (κ1) is 7.97. The lowest BCUT2D eigenvalue weighted by molar-refractivity contribution is -0.128. The fourth-order valence-corrected chi connectivity index (χ4v) is 1.89. The van der Waals surface area contributed by atoms with Gasteiger partial charge >= 0.3 is 0 Å². The van der Waals surface area contributed by atoms with Crippen LogP contribution in [0.2, 0.25) is 0 Å². The summed E-state index contributed by atoms with van der Waals surface area (Å²) < 4.78 is 0. The van der Waals surface area contributed by atoms with Gasteiger partial charge in [-0.05, 0) is 13.8 Å². The van der Waals surface area contributed by atoms with Gasteiger partial charge in [0.05, 0.1) is 6.10 Å². The minimum absolute atomic E-state index is 0.0394. The summed E-state index contributed by atoms with van der Waals surface area (Å²) in [5.41, 5.74) is 8.24. The molecule has 0 spiro atoms. The SMILES string of the molecule is CC1NNC(=O)C2NOC(C)C12. The van der Waals surface area contributed by atoms with E-state index in [1.54, 1.807) is 0 Å². The highest BCUT2D eigenvalue weighted by molar-refractivity contribution is 5.82. The number of hydrogen-bond acceptors (Lipinski definition) is 4. The average Bonchev–Trinajstić information content (AvgIpc) is 2.42. The normalized spacial score (nSPS) is 47.0. The summed E-state index contributed by atoms with van der Waals surface area (Å²) in [5, 5.41) is 0. The van der Waals surface area contributed by atoms with E-state index in [1.165, 1.54) is 0 Å². The first-order valence-corrected chi connectivity index (χ1v) is 4.16. The summed E-state index contributed by atoms with van der Waals surface area (Å²) in [5.74, 6) is 0.182. The fourth-order valence-electron chi connectivity index (χ4n) is 1.89. The maximum atomic E-state index is 11.3. The molecule has 12 heavy (non-hydrogen) atoms. The number of rotatable bonds is 0. The molecule has 0 saturated carbocycles. The Kier molecular flexibility index (Phi) is 1.79. The van der Waals surface area contributed by atoms with E-state index in [0.717, 1.165) is 0 Å². The zero-order chi connectivity index (χ0) is 8.72. The molecule has 4 atom stereocenters. The van der Waals surface area contributed by atoms with Gasteiger partial charge in [0.2, 0.25) is 0 Å². The second-order valence-corrected chi connectivity index (χ2v) is 3.42. The van der Waals surface area contributed by atoms with Crippen LogP contribution in [0.15, 0.2) is 0 Å². The molecule has 2 fully saturated rings. The average molecular weight is 171 g/mol. The predicted molar refractivity (Wildman–Crippen MR) is 41.7 cm³/mol. The molecule has 1 amide bonds. The zero-order valence-corrected chi connectivity index (χ0v) is 7.13. The third kappa shape index (κ3) is 1.01. The van der Waals surface area contributed by atoms with Gasteiger partial charge in [0.1, 0.15) is 6.04 Å². The molecule has 0 aromatic carbocycles. The van der Waals surface area contributed by atoms with Gasteiger partial charge in [-0.3, -0.25) is 15.1 Å². The second kappa shape index (κ2) is 2.69. The van der Waals surface area contributed by atoms with Crippen molar-refractivity contribution in [3.05, 3.63) is 0 Å². The number of amides is 1. The van der Waals surface area contributed by atoms with Gasteiger partial charge in [-0.1, -0.05) is 0 Å². The Bertz CT molecular complexity index is 209. The molecule has 4 unspecified atom stereocenters. The van der Waals surface area contributed by atoms with Gasteiger partial charge in [-0.25, -0.2) is 5.43 Å². The summed E-state index contributed by atoms with van der Waals surface area (Å²) in [6, 6.07) is 0.0500. The fraction of sp³-hybridized carbons (Fsp3) is 0.857. The first-order chi connectivity index (χ1) is 5.70. The number of carbonyl (C=O) groups is 1. The van der Waals surface area contributed by atoms with Gasteiger partial charge in [0, 0.05) is 12.0 Å². The summed E-state index contributed by atoms with van der Waals surface area (Å²) in [6.07, 6.45) is 0.0866. The van der Waals surface area contributed by atoms with Crippen molar-refractivity contribution in [2.45, 2.75) is 32.0 Å². The van der Waals surface area contributed by atoms with Gasteiger partial charge in [-0.2, -0.15) is 5.48 Å². The van der Waals surface area contributed by atoms with Gasteiger partial charge in [-0.15, -0.1) is 0 Å². The van der Waals surface area contributed by atoms with Crippen LogP contribution < -0.4 is 16.3 Å². The molecule has 5 heteroatoms. The number of carbonyl (C=O) groups excluding carboxylic acids is 1. The highest BCUT2D eigenvalue weighted by Gasteiger charge is 2.45. The van der Waals surface area contributed by atoms with Crippen molar-refractivity contribution in [3.63, 3.8) is 0 Å². The van der Waals surface area contributed by atoms with Crippen LogP contribution in [0, 0.1) is 5.92 Å². The monoisotopic (exact) mass is 171 g/mol. The number of fused-ring (bicyclic) bond motifs is 1. The first-order valence-electron chi connectivity index (χ1n) is 4.16. The Balaban J connectivity index is 2.18. The van der Waals surface area contributed by atoms with Crippen molar-refractivity contribution < 1.29 is 9.63 Å². The van der Waals surface area contributed by atoms with Crippen LogP contribution in [-0.4, -0.2) is 24.1 Å². The highest BCUT2D eigenvalue weighted by atomic mass is 16.7. The maximum Gasteiger partial charge on any atom is 0.254 e. The van der Waals surface area contributed by atoms with Gasteiger partial charge in [0.25, 0.3) is 5.91 Å². The lowest BCUT2D eigenvalue weighted by atomic mass is 9.88. The van der Waals surface area contributed by atoms with Crippen LogP contribution in [-0.2, 0) is 9.63 Å². The molecule has 0 aromatic rings. The molecule has 2 heterocycles. The highest BCUT2D eigenvalue weighted by Crippen LogP contribution is 2.24. The van der Waals surface area contributed by atoms with Crippen molar-refractivity contribution in [2.24, 2.45) is 5.92 Å². The minimum atomic E-state index is -0.198. The summed E-state index contributed by atoms with van der Waals surface area (Å²) in [7, 11) is 0. The maximum absolute atomic E-state index is 11.3. The number of hydrogen-bond donors (Lipinski definition) is 3. The third-order valence-corrected chi connectivity index (χ3v) is 2.59. The van der Waals surface area contributed by atoms with Crippen molar-refractivity contribution in [3.8, 4) is 0 Å². The Morgan fingerprint density at radius 3 is 2.83 bits per heavy atom. The molecule has 0 bridgehead atoms. The zero-order valence-electron chi connectivity index (χ0n) is 7.13. The van der Waals surface area contributed by atoms with E-state index in [-0.39, 0.29) is 30.0 Å². The van der Waals surface area contributed by atoms with E-state index in [0.29, 0.717) is 0 Å². The summed E-state index contributed by atoms with van der Waals surface area (Å²) >= 11 is 0. The summed E-state index contributed by atoms with van der Waals surface area (Å²) in [6.45, 7) is 4.00. The van der Waals surface area contributed by atoms with Crippen molar-refractivity contribution in [1.82, 2.24) is 16.3 Å². The Morgan fingerprint density at radius 2 is 2.17 bits per heavy atom. The molecular weight excluding hydrogens is 158 g/mol. The van der Waals surface area contributed by atoms with E-state index in [2.05, 4.69) is 16.3 Å². The molecule has 5 nitrogen and oxygen atoms in total. The van der Waals surface area contributed by atoms with Gasteiger partial charge in [0.15, 0.2) is 0 Å².